The van der Waals surface area contributed by atoms with Crippen molar-refractivity contribution >= 4 is 11.9 Å². The molecule has 0 bridgehead atoms. The number of amides is 1. The van der Waals surface area contributed by atoms with Crippen LogP contribution in [0.25, 0.3) is 0 Å². The molecule has 0 radical (unpaired) electrons. The summed E-state index contributed by atoms with van der Waals surface area (Å²) in [5.41, 5.74) is 1.34. The maximum Gasteiger partial charge on any atom is 0.352 e. The number of carbonyl (C=O) groups is 2. The summed E-state index contributed by atoms with van der Waals surface area (Å²) in [6.45, 7) is 1.99. The van der Waals surface area contributed by atoms with Gasteiger partial charge in [0.25, 0.3) is 5.91 Å². The second-order valence-corrected chi connectivity index (χ2v) is 5.55. The van der Waals surface area contributed by atoms with Crippen LogP contribution in [-0.2, 0) is 7.05 Å². The zero-order valence-electron chi connectivity index (χ0n) is 14.3. The smallest absolute Gasteiger partial charge is 0.352 e. The summed E-state index contributed by atoms with van der Waals surface area (Å²) < 4.78 is 6.80. The van der Waals surface area contributed by atoms with E-state index in [1.165, 1.54) is 16.7 Å². The van der Waals surface area contributed by atoms with Gasteiger partial charge in [-0.2, -0.15) is 0 Å². The molecule has 1 aromatic heterocycles. The SMILES string of the molecule is CCC(c1ccccc1OC)N(C)C(=O)c1ccc(C(=O)O)n1C. The van der Waals surface area contributed by atoms with Gasteiger partial charge >= 0.3 is 5.97 Å². The Labute approximate surface area is 141 Å². The number of carboxylic acids is 1. The van der Waals surface area contributed by atoms with Crippen LogP contribution >= 0.6 is 0 Å². The van der Waals surface area contributed by atoms with Crippen LogP contribution in [0.5, 0.6) is 5.75 Å². The molecule has 24 heavy (non-hydrogen) atoms. The van der Waals surface area contributed by atoms with Gasteiger partial charge in [0.1, 0.15) is 17.1 Å². The average Bonchev–Trinajstić information content (AvgIpc) is 2.96. The number of benzene rings is 1. The minimum Gasteiger partial charge on any atom is -0.496 e. The number of hydrogen-bond donors (Lipinski definition) is 1. The molecule has 128 valence electrons. The van der Waals surface area contributed by atoms with Crippen molar-refractivity contribution < 1.29 is 19.4 Å². The molecular formula is C18H22N2O4. The van der Waals surface area contributed by atoms with Gasteiger partial charge in [0.05, 0.1) is 13.2 Å². The molecule has 0 saturated heterocycles. The first kappa shape index (κ1) is 17.6. The van der Waals surface area contributed by atoms with Crippen molar-refractivity contribution in [2.45, 2.75) is 19.4 Å². The third kappa shape index (κ3) is 3.13. The van der Waals surface area contributed by atoms with Gasteiger partial charge in [-0.1, -0.05) is 25.1 Å². The molecule has 0 aliphatic carbocycles. The first-order valence-corrected chi connectivity index (χ1v) is 7.71. The summed E-state index contributed by atoms with van der Waals surface area (Å²) in [6, 6.07) is 10.4. The van der Waals surface area contributed by atoms with Crippen molar-refractivity contribution in [2.75, 3.05) is 14.2 Å². The molecule has 0 aliphatic heterocycles. The van der Waals surface area contributed by atoms with Gasteiger partial charge in [0, 0.05) is 19.7 Å². The van der Waals surface area contributed by atoms with E-state index in [-0.39, 0.29) is 17.6 Å². The standard InChI is InChI=1S/C18H22N2O4/c1-5-13(12-8-6-7-9-16(12)24-4)20(3)17(21)14-10-11-15(18(22)23)19(14)2/h6-11,13H,5H2,1-4H3,(H,22,23). The van der Waals surface area contributed by atoms with E-state index >= 15 is 0 Å². The normalized spacial score (nSPS) is 11.8. The Morgan fingerprint density at radius 2 is 1.83 bits per heavy atom. The number of methoxy groups -OCH3 is 1. The Balaban J connectivity index is 2.36. The largest absolute Gasteiger partial charge is 0.496 e. The monoisotopic (exact) mass is 330 g/mol. The van der Waals surface area contributed by atoms with E-state index in [2.05, 4.69) is 0 Å². The van der Waals surface area contributed by atoms with Gasteiger partial charge in [-0.25, -0.2) is 4.79 Å². The number of para-hydroxylation sites is 1. The van der Waals surface area contributed by atoms with Crippen molar-refractivity contribution in [3.8, 4) is 5.75 Å². The second kappa shape index (κ2) is 7.21. The highest BCUT2D eigenvalue weighted by Gasteiger charge is 2.26. The third-order valence-electron chi connectivity index (χ3n) is 4.23. The van der Waals surface area contributed by atoms with Crippen LogP contribution in [0, 0.1) is 0 Å². The first-order chi connectivity index (χ1) is 11.4. The van der Waals surface area contributed by atoms with Gasteiger partial charge in [-0.3, -0.25) is 4.79 Å². The van der Waals surface area contributed by atoms with Crippen molar-refractivity contribution in [3.05, 3.63) is 53.3 Å². The molecule has 1 atom stereocenters. The summed E-state index contributed by atoms with van der Waals surface area (Å²) in [5.74, 6) is -0.569. The molecule has 0 spiro atoms. The maximum absolute atomic E-state index is 12.8. The molecule has 2 rings (SSSR count). The van der Waals surface area contributed by atoms with Crippen LogP contribution in [0.3, 0.4) is 0 Å². The van der Waals surface area contributed by atoms with Crippen molar-refractivity contribution in [2.24, 2.45) is 7.05 Å². The fraction of sp³-hybridized carbons (Fsp3) is 0.333. The minimum atomic E-state index is -1.06. The number of carboxylic acid groups (broad SMARTS) is 1. The molecule has 6 nitrogen and oxygen atoms in total. The number of carbonyl (C=O) groups excluding carboxylic acids is 1. The second-order valence-electron chi connectivity index (χ2n) is 5.55. The van der Waals surface area contributed by atoms with E-state index in [0.717, 1.165) is 11.3 Å². The highest BCUT2D eigenvalue weighted by molar-refractivity contribution is 5.96. The topological polar surface area (TPSA) is 71.8 Å². The zero-order chi connectivity index (χ0) is 17.9. The van der Waals surface area contributed by atoms with Crippen LogP contribution in [0.15, 0.2) is 36.4 Å². The molecule has 6 heteroatoms. The van der Waals surface area contributed by atoms with Crippen LogP contribution in [0.1, 0.15) is 45.9 Å². The Morgan fingerprint density at radius 1 is 1.21 bits per heavy atom. The van der Waals surface area contributed by atoms with E-state index in [1.54, 1.807) is 26.1 Å². The van der Waals surface area contributed by atoms with Gasteiger partial charge in [-0.15, -0.1) is 0 Å². The van der Waals surface area contributed by atoms with E-state index in [0.29, 0.717) is 12.1 Å². The maximum atomic E-state index is 12.8. The molecular weight excluding hydrogens is 308 g/mol. The molecule has 1 heterocycles. The van der Waals surface area contributed by atoms with Gasteiger partial charge in [0.15, 0.2) is 0 Å². The molecule has 1 N–H and O–H groups in total. The van der Waals surface area contributed by atoms with Crippen molar-refractivity contribution in [3.63, 3.8) is 0 Å². The lowest BCUT2D eigenvalue weighted by Crippen LogP contribution is -2.32. The van der Waals surface area contributed by atoms with Crippen molar-refractivity contribution in [1.82, 2.24) is 9.47 Å². The Morgan fingerprint density at radius 3 is 2.38 bits per heavy atom. The molecule has 0 aliphatic rings. The highest BCUT2D eigenvalue weighted by atomic mass is 16.5. The van der Waals surface area contributed by atoms with Gasteiger partial charge in [0.2, 0.25) is 0 Å². The van der Waals surface area contributed by atoms with Crippen LogP contribution in [0.4, 0.5) is 0 Å². The lowest BCUT2D eigenvalue weighted by Gasteiger charge is -2.29. The summed E-state index contributed by atoms with van der Waals surface area (Å²) in [4.78, 5) is 25.6. The molecule has 2 aromatic rings. The van der Waals surface area contributed by atoms with E-state index in [9.17, 15) is 9.59 Å². The van der Waals surface area contributed by atoms with E-state index in [4.69, 9.17) is 9.84 Å². The Bertz CT molecular complexity index is 751. The van der Waals surface area contributed by atoms with E-state index in [1.807, 2.05) is 31.2 Å². The highest BCUT2D eigenvalue weighted by Crippen LogP contribution is 2.31. The number of aromatic carboxylic acids is 1. The number of rotatable bonds is 6. The third-order valence-corrected chi connectivity index (χ3v) is 4.23. The number of nitrogens with zero attached hydrogens (tertiary/aromatic N) is 2. The minimum absolute atomic E-state index is 0.0806. The molecule has 1 aromatic carbocycles. The van der Waals surface area contributed by atoms with Gasteiger partial charge < -0.3 is 19.3 Å². The van der Waals surface area contributed by atoms with Crippen LogP contribution < -0.4 is 4.74 Å². The first-order valence-electron chi connectivity index (χ1n) is 7.71. The van der Waals surface area contributed by atoms with Crippen LogP contribution in [-0.4, -0.2) is 40.6 Å². The number of hydrogen-bond acceptors (Lipinski definition) is 3. The Kier molecular flexibility index (Phi) is 5.28. The summed E-state index contributed by atoms with van der Waals surface area (Å²) in [7, 11) is 4.90. The lowest BCUT2D eigenvalue weighted by atomic mass is 10.0. The predicted octanol–water partition coefficient (Wildman–Crippen LogP) is 2.96. The summed E-state index contributed by atoms with van der Waals surface area (Å²) in [6.07, 6.45) is 0.707. The van der Waals surface area contributed by atoms with Gasteiger partial charge in [-0.05, 0) is 24.6 Å². The molecule has 1 unspecified atom stereocenters. The fourth-order valence-electron chi connectivity index (χ4n) is 2.91. The molecule has 0 fully saturated rings. The summed E-state index contributed by atoms with van der Waals surface area (Å²) >= 11 is 0. The number of ether oxygens (including phenoxy) is 1. The van der Waals surface area contributed by atoms with E-state index < -0.39 is 5.97 Å². The zero-order valence-corrected chi connectivity index (χ0v) is 14.3. The molecule has 0 saturated carbocycles. The van der Waals surface area contributed by atoms with Crippen molar-refractivity contribution in [1.29, 1.82) is 0 Å². The van der Waals surface area contributed by atoms with Crippen LogP contribution in [0.2, 0.25) is 0 Å². The average molecular weight is 330 g/mol. The summed E-state index contributed by atoms with van der Waals surface area (Å²) in [5, 5.41) is 9.14. The quantitative estimate of drug-likeness (QED) is 0.884. The number of aromatic nitrogens is 1. The fourth-order valence-corrected chi connectivity index (χ4v) is 2.91. The predicted molar refractivity (Wildman–Crippen MR) is 90.5 cm³/mol. The Hall–Kier alpha value is -2.76. The lowest BCUT2D eigenvalue weighted by molar-refractivity contribution is 0.0684. The molecule has 1 amide bonds.